The summed E-state index contributed by atoms with van der Waals surface area (Å²) >= 11 is 0. The summed E-state index contributed by atoms with van der Waals surface area (Å²) in [6.45, 7) is 8.12. The maximum absolute atomic E-state index is 8.38. The van der Waals surface area contributed by atoms with Gasteiger partial charge in [0.25, 0.3) is 0 Å². The summed E-state index contributed by atoms with van der Waals surface area (Å²) < 4.78 is 0. The molecule has 0 aliphatic heterocycles. The van der Waals surface area contributed by atoms with Crippen molar-refractivity contribution in [2.45, 2.75) is 27.7 Å². The lowest BCUT2D eigenvalue weighted by atomic mass is 10.0. The third-order valence-electron chi connectivity index (χ3n) is 8.11. The van der Waals surface area contributed by atoms with E-state index in [1.54, 1.807) is 0 Å². The predicted octanol–water partition coefficient (Wildman–Crippen LogP) is 13.4. The Morgan fingerprint density at radius 3 is 1.16 bits per heavy atom. The SMILES string of the molecule is CC.Cc1ccc(-c2ccc(N(c3cccc(-c4ccccc4)c3)c3cccc(-c4ccccc4)c3)cc2)cc1.Cc1ccc(C#N)cc1. The van der Waals surface area contributed by atoms with Crippen molar-refractivity contribution in [2.24, 2.45) is 0 Å². The van der Waals surface area contributed by atoms with Crippen LogP contribution in [0.5, 0.6) is 0 Å². The Morgan fingerprint density at radius 1 is 0.367 bits per heavy atom. The van der Waals surface area contributed by atoms with Crippen LogP contribution in [0.2, 0.25) is 0 Å². The molecule has 2 heteroatoms. The Hall–Kier alpha value is -6.17. The third-order valence-corrected chi connectivity index (χ3v) is 8.11. The highest BCUT2D eigenvalue weighted by atomic mass is 15.1. The first-order valence-corrected chi connectivity index (χ1v) is 16.8. The van der Waals surface area contributed by atoms with Crippen LogP contribution in [-0.4, -0.2) is 0 Å². The number of benzene rings is 7. The van der Waals surface area contributed by atoms with Crippen LogP contribution < -0.4 is 4.90 Å². The maximum atomic E-state index is 8.38. The molecule has 49 heavy (non-hydrogen) atoms. The van der Waals surface area contributed by atoms with Gasteiger partial charge in [-0.25, -0.2) is 0 Å². The molecule has 0 saturated heterocycles. The molecule has 0 fully saturated rings. The van der Waals surface area contributed by atoms with Gasteiger partial charge in [0.2, 0.25) is 0 Å². The fourth-order valence-corrected chi connectivity index (χ4v) is 5.53. The second-order valence-electron chi connectivity index (χ2n) is 11.6. The molecule has 0 spiro atoms. The molecule has 0 unspecified atom stereocenters. The summed E-state index contributed by atoms with van der Waals surface area (Å²) in [4.78, 5) is 2.35. The van der Waals surface area contributed by atoms with Gasteiger partial charge in [-0.2, -0.15) is 5.26 Å². The van der Waals surface area contributed by atoms with Gasteiger partial charge in [-0.1, -0.05) is 158 Å². The monoisotopic (exact) mass is 634 g/mol. The third kappa shape index (κ3) is 9.01. The number of hydrogen-bond donors (Lipinski definition) is 0. The van der Waals surface area contributed by atoms with Crippen molar-refractivity contribution >= 4 is 17.1 Å². The summed E-state index contributed by atoms with van der Waals surface area (Å²) in [5.41, 5.74) is 13.8. The standard InChI is InChI=1S/C37H29N.C8H7N.C2H6/c1-28-18-20-31(21-19-28)32-22-24-35(25-23-32)38(36-16-8-14-33(26-36)29-10-4-2-5-11-29)37-17-9-15-34(27-37)30-12-6-3-7-13-30;1-7-2-4-8(6-9)5-3-7;1-2/h2-27H,1H3;2-5H,1H3;1-2H3. The first-order valence-electron chi connectivity index (χ1n) is 16.8. The molecule has 7 aromatic carbocycles. The number of nitriles is 1. The lowest BCUT2D eigenvalue weighted by Gasteiger charge is -2.27. The highest BCUT2D eigenvalue weighted by molar-refractivity contribution is 5.83. The minimum absolute atomic E-state index is 0.723. The first-order chi connectivity index (χ1) is 24.1. The molecule has 240 valence electrons. The minimum Gasteiger partial charge on any atom is -0.310 e. The van der Waals surface area contributed by atoms with Crippen molar-refractivity contribution in [1.29, 1.82) is 5.26 Å². The minimum atomic E-state index is 0.723. The van der Waals surface area contributed by atoms with Crippen LogP contribution in [0, 0.1) is 25.2 Å². The zero-order valence-electron chi connectivity index (χ0n) is 28.7. The number of hydrogen-bond acceptors (Lipinski definition) is 2. The molecule has 7 rings (SSSR count). The van der Waals surface area contributed by atoms with Crippen molar-refractivity contribution in [3.63, 3.8) is 0 Å². The van der Waals surface area contributed by atoms with E-state index in [9.17, 15) is 0 Å². The van der Waals surface area contributed by atoms with Gasteiger partial charge >= 0.3 is 0 Å². The largest absolute Gasteiger partial charge is 0.310 e. The van der Waals surface area contributed by atoms with Crippen molar-refractivity contribution in [1.82, 2.24) is 0 Å². The average molecular weight is 635 g/mol. The topological polar surface area (TPSA) is 27.0 Å². The van der Waals surface area contributed by atoms with Gasteiger partial charge in [0.15, 0.2) is 0 Å². The van der Waals surface area contributed by atoms with Gasteiger partial charge in [0.1, 0.15) is 0 Å². The number of aryl methyl sites for hydroxylation is 2. The highest BCUT2D eigenvalue weighted by Crippen LogP contribution is 2.39. The van der Waals surface area contributed by atoms with Gasteiger partial charge in [0.05, 0.1) is 11.6 Å². The lowest BCUT2D eigenvalue weighted by molar-refractivity contribution is 1.28. The van der Waals surface area contributed by atoms with Crippen LogP contribution >= 0.6 is 0 Å². The smallest absolute Gasteiger partial charge is 0.0991 e. The summed E-state index contributed by atoms with van der Waals surface area (Å²) in [6.07, 6.45) is 0. The number of anilines is 3. The van der Waals surface area contributed by atoms with Crippen LogP contribution in [0.25, 0.3) is 33.4 Å². The summed E-state index contributed by atoms with van der Waals surface area (Å²) in [5, 5.41) is 8.38. The molecule has 0 radical (unpaired) electrons. The molecule has 0 amide bonds. The van der Waals surface area contributed by atoms with Crippen molar-refractivity contribution in [2.75, 3.05) is 4.90 Å². The summed E-state index contributed by atoms with van der Waals surface area (Å²) in [5.74, 6) is 0. The van der Waals surface area contributed by atoms with E-state index in [0.717, 1.165) is 22.6 Å². The molecule has 0 atom stereocenters. The van der Waals surface area contributed by atoms with Gasteiger partial charge < -0.3 is 4.90 Å². The van der Waals surface area contributed by atoms with Crippen molar-refractivity contribution < 1.29 is 0 Å². The second kappa shape index (κ2) is 17.1. The first kappa shape index (κ1) is 34.2. The molecule has 2 nitrogen and oxygen atoms in total. The number of rotatable bonds is 6. The molecule has 0 aliphatic carbocycles. The molecule has 7 aromatic rings. The van der Waals surface area contributed by atoms with E-state index in [2.05, 4.69) is 176 Å². The highest BCUT2D eigenvalue weighted by Gasteiger charge is 2.15. The van der Waals surface area contributed by atoms with Crippen LogP contribution in [0.15, 0.2) is 182 Å². The Labute approximate surface area is 292 Å². The fraction of sp³-hybridized carbons (Fsp3) is 0.0851. The lowest BCUT2D eigenvalue weighted by Crippen LogP contribution is -2.10. The average Bonchev–Trinajstić information content (AvgIpc) is 3.18. The number of nitrogens with zero attached hydrogens (tertiary/aromatic N) is 2. The molecule has 0 N–H and O–H groups in total. The van der Waals surface area contributed by atoms with Crippen LogP contribution in [0.3, 0.4) is 0 Å². The van der Waals surface area contributed by atoms with E-state index in [1.165, 1.54) is 44.5 Å². The van der Waals surface area contributed by atoms with Gasteiger partial charge in [-0.05, 0) is 95.8 Å². The van der Waals surface area contributed by atoms with Gasteiger partial charge in [0, 0.05) is 17.1 Å². The molecular formula is C47H42N2. The quantitative estimate of drug-likeness (QED) is 0.182. The molecule has 0 bridgehead atoms. The van der Waals surface area contributed by atoms with Crippen molar-refractivity contribution in [3.8, 4) is 39.4 Å². The Kier molecular flexibility index (Phi) is 11.9. The Morgan fingerprint density at radius 2 is 0.735 bits per heavy atom. The summed E-state index contributed by atoms with van der Waals surface area (Å²) in [7, 11) is 0. The van der Waals surface area contributed by atoms with E-state index >= 15 is 0 Å². The van der Waals surface area contributed by atoms with Gasteiger partial charge in [-0.15, -0.1) is 0 Å². The molecular weight excluding hydrogens is 593 g/mol. The van der Waals surface area contributed by atoms with E-state index in [1.807, 2.05) is 45.0 Å². The zero-order valence-corrected chi connectivity index (χ0v) is 28.7. The van der Waals surface area contributed by atoms with Crippen LogP contribution in [0.4, 0.5) is 17.1 Å². The van der Waals surface area contributed by atoms with E-state index in [4.69, 9.17) is 5.26 Å². The Bertz CT molecular complexity index is 1990. The van der Waals surface area contributed by atoms with Crippen LogP contribution in [-0.2, 0) is 0 Å². The Balaban J connectivity index is 0.000000367. The van der Waals surface area contributed by atoms with Crippen molar-refractivity contribution in [3.05, 3.63) is 199 Å². The van der Waals surface area contributed by atoms with Gasteiger partial charge in [-0.3, -0.25) is 0 Å². The molecule has 0 saturated carbocycles. The molecule has 0 aromatic heterocycles. The zero-order chi connectivity index (χ0) is 34.4. The second-order valence-corrected chi connectivity index (χ2v) is 11.6. The molecule has 0 heterocycles. The van der Waals surface area contributed by atoms with Crippen LogP contribution in [0.1, 0.15) is 30.5 Å². The molecule has 0 aliphatic rings. The predicted molar refractivity (Wildman–Crippen MR) is 209 cm³/mol. The van der Waals surface area contributed by atoms with E-state index in [-0.39, 0.29) is 0 Å². The maximum Gasteiger partial charge on any atom is 0.0991 e. The normalized spacial score (nSPS) is 10.0. The van der Waals surface area contributed by atoms with E-state index in [0.29, 0.717) is 0 Å². The fourth-order valence-electron chi connectivity index (χ4n) is 5.53. The van der Waals surface area contributed by atoms with E-state index < -0.39 is 0 Å². The summed E-state index contributed by atoms with van der Waals surface area (Å²) in [6, 6.07) is 65.8.